The lowest BCUT2D eigenvalue weighted by molar-refractivity contribution is 0.572. The molecule has 0 unspecified atom stereocenters. The summed E-state index contributed by atoms with van der Waals surface area (Å²) in [5.74, 6) is 0. The molecule has 0 saturated heterocycles. The first kappa shape index (κ1) is 11.9. The van der Waals surface area contributed by atoms with Gasteiger partial charge in [-0.25, -0.2) is 0 Å². The Labute approximate surface area is 103 Å². The van der Waals surface area contributed by atoms with Gasteiger partial charge in [-0.05, 0) is 30.5 Å². The van der Waals surface area contributed by atoms with E-state index in [-0.39, 0.29) is 0 Å². The Balaban J connectivity index is 1.99. The molecular weight excluding hydrogens is 206 g/mol. The highest BCUT2D eigenvalue weighted by atomic mass is 14.9. The SMILES string of the molecule is Cc1ccccc1[C@@H](C)NCc1ccccc1. The summed E-state index contributed by atoms with van der Waals surface area (Å²) in [5, 5.41) is 3.56. The zero-order valence-electron chi connectivity index (χ0n) is 10.5. The van der Waals surface area contributed by atoms with Gasteiger partial charge in [0, 0.05) is 12.6 Å². The highest BCUT2D eigenvalue weighted by Crippen LogP contribution is 2.17. The molecule has 0 aromatic heterocycles. The van der Waals surface area contributed by atoms with E-state index in [2.05, 4.69) is 67.7 Å². The minimum Gasteiger partial charge on any atom is -0.306 e. The molecule has 1 nitrogen and oxygen atoms in total. The van der Waals surface area contributed by atoms with Crippen molar-refractivity contribution in [3.63, 3.8) is 0 Å². The van der Waals surface area contributed by atoms with E-state index in [1.165, 1.54) is 16.7 Å². The van der Waals surface area contributed by atoms with Crippen LogP contribution in [0.15, 0.2) is 54.6 Å². The lowest BCUT2D eigenvalue weighted by Crippen LogP contribution is -2.18. The topological polar surface area (TPSA) is 12.0 Å². The van der Waals surface area contributed by atoms with Crippen LogP contribution in [0.4, 0.5) is 0 Å². The average Bonchev–Trinajstić information content (AvgIpc) is 2.38. The van der Waals surface area contributed by atoms with Crippen LogP contribution in [-0.4, -0.2) is 0 Å². The summed E-state index contributed by atoms with van der Waals surface area (Å²) in [6, 6.07) is 19.4. The lowest BCUT2D eigenvalue weighted by Gasteiger charge is -2.16. The van der Waals surface area contributed by atoms with E-state index in [0.717, 1.165) is 6.54 Å². The maximum Gasteiger partial charge on any atom is 0.0297 e. The molecule has 0 saturated carbocycles. The van der Waals surface area contributed by atoms with Gasteiger partial charge < -0.3 is 5.32 Å². The number of hydrogen-bond acceptors (Lipinski definition) is 1. The average molecular weight is 225 g/mol. The molecule has 0 amide bonds. The fourth-order valence-electron chi connectivity index (χ4n) is 2.05. The Kier molecular flexibility index (Phi) is 3.94. The van der Waals surface area contributed by atoms with E-state index < -0.39 is 0 Å². The van der Waals surface area contributed by atoms with Crippen molar-refractivity contribution in [3.8, 4) is 0 Å². The lowest BCUT2D eigenvalue weighted by atomic mass is 10.0. The minimum atomic E-state index is 0.386. The molecule has 2 rings (SSSR count). The Morgan fingerprint density at radius 2 is 1.59 bits per heavy atom. The third kappa shape index (κ3) is 3.18. The van der Waals surface area contributed by atoms with Crippen LogP contribution in [0.5, 0.6) is 0 Å². The standard InChI is InChI=1S/C16H19N/c1-13-8-6-7-11-16(13)14(2)17-12-15-9-4-3-5-10-15/h3-11,14,17H,12H2,1-2H3/t14-/m1/s1. The monoisotopic (exact) mass is 225 g/mol. The van der Waals surface area contributed by atoms with E-state index in [0.29, 0.717) is 6.04 Å². The molecule has 1 heteroatoms. The second-order valence-electron chi connectivity index (χ2n) is 4.44. The number of aryl methyl sites for hydroxylation is 1. The maximum absolute atomic E-state index is 3.56. The van der Waals surface area contributed by atoms with Gasteiger partial charge in [-0.1, -0.05) is 54.6 Å². The minimum absolute atomic E-state index is 0.386. The van der Waals surface area contributed by atoms with Gasteiger partial charge in [-0.15, -0.1) is 0 Å². The van der Waals surface area contributed by atoms with Gasteiger partial charge in [0.05, 0.1) is 0 Å². The van der Waals surface area contributed by atoms with Crippen molar-refractivity contribution in [3.05, 3.63) is 71.3 Å². The molecule has 1 atom stereocenters. The van der Waals surface area contributed by atoms with Crippen molar-refractivity contribution in [1.82, 2.24) is 5.32 Å². The molecule has 2 aromatic carbocycles. The Hall–Kier alpha value is -1.60. The summed E-state index contributed by atoms with van der Waals surface area (Å²) in [7, 11) is 0. The number of hydrogen-bond donors (Lipinski definition) is 1. The van der Waals surface area contributed by atoms with Gasteiger partial charge in [0.25, 0.3) is 0 Å². The highest BCUT2D eigenvalue weighted by Gasteiger charge is 2.06. The second-order valence-corrected chi connectivity index (χ2v) is 4.44. The second kappa shape index (κ2) is 5.65. The fourth-order valence-corrected chi connectivity index (χ4v) is 2.05. The van der Waals surface area contributed by atoms with Gasteiger partial charge in [0.1, 0.15) is 0 Å². The first-order valence-electron chi connectivity index (χ1n) is 6.10. The van der Waals surface area contributed by atoms with Gasteiger partial charge in [-0.3, -0.25) is 0 Å². The van der Waals surface area contributed by atoms with Gasteiger partial charge in [0.15, 0.2) is 0 Å². The molecule has 0 bridgehead atoms. The van der Waals surface area contributed by atoms with Crippen LogP contribution in [0.2, 0.25) is 0 Å². The molecule has 0 radical (unpaired) electrons. The van der Waals surface area contributed by atoms with Crippen LogP contribution in [-0.2, 0) is 6.54 Å². The molecule has 0 fully saturated rings. The predicted molar refractivity (Wildman–Crippen MR) is 72.9 cm³/mol. The molecule has 2 aromatic rings. The largest absolute Gasteiger partial charge is 0.306 e. The summed E-state index contributed by atoms with van der Waals surface area (Å²) in [5.41, 5.74) is 4.05. The normalized spacial score (nSPS) is 12.4. The molecule has 1 N–H and O–H groups in total. The number of rotatable bonds is 4. The summed E-state index contributed by atoms with van der Waals surface area (Å²) < 4.78 is 0. The maximum atomic E-state index is 3.56. The molecule has 17 heavy (non-hydrogen) atoms. The van der Waals surface area contributed by atoms with E-state index in [9.17, 15) is 0 Å². The molecule has 0 heterocycles. The predicted octanol–water partition coefficient (Wildman–Crippen LogP) is 3.85. The molecule has 0 aliphatic heterocycles. The summed E-state index contributed by atoms with van der Waals surface area (Å²) >= 11 is 0. The van der Waals surface area contributed by atoms with E-state index >= 15 is 0 Å². The number of benzene rings is 2. The van der Waals surface area contributed by atoms with Crippen molar-refractivity contribution in [2.45, 2.75) is 26.4 Å². The Morgan fingerprint density at radius 1 is 0.941 bits per heavy atom. The van der Waals surface area contributed by atoms with Crippen LogP contribution in [0, 0.1) is 6.92 Å². The highest BCUT2D eigenvalue weighted by molar-refractivity contribution is 5.28. The zero-order valence-corrected chi connectivity index (χ0v) is 10.5. The van der Waals surface area contributed by atoms with E-state index in [4.69, 9.17) is 0 Å². The van der Waals surface area contributed by atoms with Crippen LogP contribution in [0.25, 0.3) is 0 Å². The van der Waals surface area contributed by atoms with Gasteiger partial charge in [0.2, 0.25) is 0 Å². The van der Waals surface area contributed by atoms with Crippen molar-refractivity contribution in [1.29, 1.82) is 0 Å². The van der Waals surface area contributed by atoms with E-state index in [1.807, 2.05) is 6.07 Å². The molecule has 0 spiro atoms. The first-order valence-corrected chi connectivity index (χ1v) is 6.10. The van der Waals surface area contributed by atoms with Crippen molar-refractivity contribution in [2.75, 3.05) is 0 Å². The quantitative estimate of drug-likeness (QED) is 0.833. The Morgan fingerprint density at radius 3 is 2.29 bits per heavy atom. The van der Waals surface area contributed by atoms with Gasteiger partial charge in [-0.2, -0.15) is 0 Å². The summed E-state index contributed by atoms with van der Waals surface area (Å²) in [6.07, 6.45) is 0. The molecule has 0 aliphatic rings. The molecule has 88 valence electrons. The molecular formula is C16H19N. The molecule has 0 aliphatic carbocycles. The van der Waals surface area contributed by atoms with E-state index in [1.54, 1.807) is 0 Å². The third-order valence-corrected chi connectivity index (χ3v) is 3.11. The smallest absolute Gasteiger partial charge is 0.0297 e. The Bertz CT molecular complexity index is 462. The van der Waals surface area contributed by atoms with Crippen LogP contribution in [0.1, 0.15) is 29.7 Å². The third-order valence-electron chi connectivity index (χ3n) is 3.11. The zero-order chi connectivity index (χ0) is 12.1. The van der Waals surface area contributed by atoms with Crippen molar-refractivity contribution in [2.24, 2.45) is 0 Å². The summed E-state index contributed by atoms with van der Waals surface area (Å²) in [4.78, 5) is 0. The fraction of sp³-hybridized carbons (Fsp3) is 0.250. The van der Waals surface area contributed by atoms with Crippen LogP contribution < -0.4 is 5.32 Å². The summed E-state index contributed by atoms with van der Waals surface area (Å²) in [6.45, 7) is 5.29. The van der Waals surface area contributed by atoms with Crippen molar-refractivity contribution < 1.29 is 0 Å². The number of nitrogens with one attached hydrogen (secondary N) is 1. The van der Waals surface area contributed by atoms with Gasteiger partial charge >= 0.3 is 0 Å². The van der Waals surface area contributed by atoms with Crippen molar-refractivity contribution >= 4 is 0 Å². The van der Waals surface area contributed by atoms with Crippen LogP contribution in [0.3, 0.4) is 0 Å². The first-order chi connectivity index (χ1) is 8.27. The van der Waals surface area contributed by atoms with Crippen LogP contribution >= 0.6 is 0 Å².